The lowest BCUT2D eigenvalue weighted by Gasteiger charge is -2.29. The molecule has 4 N–H and O–H groups in total. The highest BCUT2D eigenvalue weighted by Gasteiger charge is 2.58. The zero-order chi connectivity index (χ0) is 15.8. The van der Waals surface area contributed by atoms with Crippen LogP contribution < -0.4 is 16.4 Å². The summed E-state index contributed by atoms with van der Waals surface area (Å²) in [7, 11) is 0. The number of nitrogens with one attached hydrogen (secondary N) is 2. The molecule has 1 spiro atoms. The number of hydrogen-bond acceptors (Lipinski definition) is 3. The minimum atomic E-state index is -1.16. The van der Waals surface area contributed by atoms with Gasteiger partial charge in [0.05, 0.1) is 0 Å². The zero-order valence-electron chi connectivity index (χ0n) is 13.3. The van der Waals surface area contributed by atoms with E-state index in [1.165, 1.54) is 0 Å². The van der Waals surface area contributed by atoms with Crippen molar-refractivity contribution in [2.24, 2.45) is 17.1 Å². The number of carbonyl (C=O) groups is 2. The maximum atomic E-state index is 12.6. The van der Waals surface area contributed by atoms with Crippen LogP contribution >= 0.6 is 12.4 Å². The molecule has 1 aliphatic heterocycles. The first-order valence-electron chi connectivity index (χ1n) is 7.86. The highest BCUT2D eigenvalue weighted by molar-refractivity contribution is 5.93. The number of benzene rings is 1. The Bertz CT molecular complexity index is 587. The molecule has 2 fully saturated rings. The Balaban J connectivity index is 0.00000192. The van der Waals surface area contributed by atoms with Gasteiger partial charge in [0.1, 0.15) is 5.54 Å². The summed E-state index contributed by atoms with van der Waals surface area (Å²) in [6.45, 7) is 3.62. The molecule has 0 radical (unpaired) electrons. The predicted molar refractivity (Wildman–Crippen MR) is 91.0 cm³/mol. The molecule has 6 heteroatoms. The van der Waals surface area contributed by atoms with Crippen molar-refractivity contribution in [3.8, 4) is 0 Å². The van der Waals surface area contributed by atoms with Gasteiger partial charge in [-0.25, -0.2) is 0 Å². The third-order valence-corrected chi connectivity index (χ3v) is 5.32. The van der Waals surface area contributed by atoms with Gasteiger partial charge in [-0.3, -0.25) is 9.59 Å². The second-order valence-electron chi connectivity index (χ2n) is 6.71. The highest BCUT2D eigenvalue weighted by atomic mass is 35.5. The van der Waals surface area contributed by atoms with Crippen LogP contribution in [0.5, 0.6) is 0 Å². The van der Waals surface area contributed by atoms with E-state index in [4.69, 9.17) is 5.73 Å². The minimum Gasteiger partial charge on any atom is -0.367 e. The number of halogens is 1. The molecule has 23 heavy (non-hydrogen) atoms. The summed E-state index contributed by atoms with van der Waals surface area (Å²) in [6.07, 6.45) is 2.98. The van der Waals surface area contributed by atoms with Crippen LogP contribution in [0.3, 0.4) is 0 Å². The van der Waals surface area contributed by atoms with Gasteiger partial charge in [0.15, 0.2) is 0 Å². The van der Waals surface area contributed by atoms with Crippen molar-refractivity contribution in [1.29, 1.82) is 0 Å². The van der Waals surface area contributed by atoms with E-state index in [-0.39, 0.29) is 29.6 Å². The second-order valence-corrected chi connectivity index (χ2v) is 6.71. The van der Waals surface area contributed by atoms with Gasteiger partial charge in [0, 0.05) is 5.92 Å². The van der Waals surface area contributed by atoms with Gasteiger partial charge in [0.2, 0.25) is 11.8 Å². The Labute approximate surface area is 142 Å². The molecule has 3 rings (SSSR count). The van der Waals surface area contributed by atoms with Gasteiger partial charge in [0.25, 0.3) is 0 Å². The van der Waals surface area contributed by atoms with Crippen molar-refractivity contribution >= 4 is 24.2 Å². The molecule has 1 aromatic rings. The topological polar surface area (TPSA) is 84.2 Å². The van der Waals surface area contributed by atoms with Crippen molar-refractivity contribution in [2.75, 3.05) is 13.1 Å². The molecule has 1 heterocycles. The number of piperidine rings is 1. The molecule has 2 aliphatic rings. The molecule has 0 aromatic heterocycles. The van der Waals surface area contributed by atoms with Gasteiger partial charge in [-0.05, 0) is 50.3 Å². The Hall–Kier alpha value is -1.59. The number of nitrogens with two attached hydrogens (primary N) is 1. The average molecular weight is 338 g/mol. The summed E-state index contributed by atoms with van der Waals surface area (Å²) in [5, 5.41) is 6.24. The smallest absolute Gasteiger partial charge is 0.247 e. The lowest BCUT2D eigenvalue weighted by Crippen LogP contribution is -2.53. The second kappa shape index (κ2) is 6.49. The van der Waals surface area contributed by atoms with Crippen molar-refractivity contribution in [3.05, 3.63) is 35.9 Å². The Morgan fingerprint density at radius 1 is 1.26 bits per heavy atom. The van der Waals surface area contributed by atoms with Crippen LogP contribution in [-0.4, -0.2) is 24.9 Å². The molecule has 2 unspecified atom stereocenters. The first-order valence-corrected chi connectivity index (χ1v) is 7.86. The van der Waals surface area contributed by atoms with Crippen molar-refractivity contribution < 1.29 is 9.59 Å². The van der Waals surface area contributed by atoms with Crippen LogP contribution in [0, 0.1) is 11.3 Å². The minimum absolute atomic E-state index is 0. The largest absolute Gasteiger partial charge is 0.367 e. The van der Waals surface area contributed by atoms with Crippen LogP contribution in [0.1, 0.15) is 31.7 Å². The molecule has 5 nitrogen and oxygen atoms in total. The lowest BCUT2D eigenvalue weighted by atomic mass is 9.89. The first kappa shape index (κ1) is 17.8. The normalized spacial score (nSPS) is 24.1. The standard InChI is InChI=1S/C17H23N3O2.ClH/c1-16(15(18)22,12-5-3-2-4-6-12)20-14(21)13-11-17(13)7-9-19-10-8-17;/h2-6,13,19H,7-11H2,1H3,(H2,18,22)(H,20,21);1H. The summed E-state index contributed by atoms with van der Waals surface area (Å²) < 4.78 is 0. The molecule has 1 aromatic carbocycles. The molecular formula is C17H24ClN3O2. The monoisotopic (exact) mass is 337 g/mol. The fourth-order valence-electron chi connectivity index (χ4n) is 3.58. The average Bonchev–Trinajstić information content (AvgIpc) is 3.22. The summed E-state index contributed by atoms with van der Waals surface area (Å²) in [5.74, 6) is -0.573. The van der Waals surface area contributed by atoms with Gasteiger partial charge in [-0.15, -0.1) is 12.4 Å². The molecule has 1 aliphatic carbocycles. The maximum Gasteiger partial charge on any atom is 0.247 e. The molecule has 1 saturated carbocycles. The van der Waals surface area contributed by atoms with E-state index in [2.05, 4.69) is 10.6 Å². The molecule has 0 bridgehead atoms. The molecule has 2 atom stereocenters. The van der Waals surface area contributed by atoms with Crippen LogP contribution in [0.25, 0.3) is 0 Å². The van der Waals surface area contributed by atoms with Gasteiger partial charge < -0.3 is 16.4 Å². The predicted octanol–water partition coefficient (Wildman–Crippen LogP) is 1.31. The number of carbonyl (C=O) groups excluding carboxylic acids is 2. The lowest BCUT2D eigenvalue weighted by molar-refractivity contribution is -0.132. The summed E-state index contributed by atoms with van der Waals surface area (Å²) >= 11 is 0. The Morgan fingerprint density at radius 2 is 1.87 bits per heavy atom. The Morgan fingerprint density at radius 3 is 2.43 bits per heavy atom. The highest BCUT2D eigenvalue weighted by Crippen LogP contribution is 2.58. The van der Waals surface area contributed by atoms with Crippen molar-refractivity contribution in [2.45, 2.75) is 31.7 Å². The van der Waals surface area contributed by atoms with Crippen LogP contribution in [0.2, 0.25) is 0 Å². The zero-order valence-corrected chi connectivity index (χ0v) is 14.1. The van der Waals surface area contributed by atoms with Gasteiger partial charge in [-0.2, -0.15) is 0 Å². The first-order chi connectivity index (χ1) is 10.5. The van der Waals surface area contributed by atoms with E-state index in [0.29, 0.717) is 0 Å². The fraction of sp³-hybridized carbons (Fsp3) is 0.529. The summed E-state index contributed by atoms with van der Waals surface area (Å²) in [6, 6.07) is 9.19. The molecule has 2 amide bonds. The number of rotatable bonds is 4. The van der Waals surface area contributed by atoms with Crippen molar-refractivity contribution in [1.82, 2.24) is 10.6 Å². The van der Waals surface area contributed by atoms with E-state index in [9.17, 15) is 9.59 Å². The van der Waals surface area contributed by atoms with E-state index < -0.39 is 11.4 Å². The molecule has 1 saturated heterocycles. The molecule has 126 valence electrons. The Kier molecular flexibility index (Phi) is 5.01. The third kappa shape index (κ3) is 3.21. The third-order valence-electron chi connectivity index (χ3n) is 5.32. The van der Waals surface area contributed by atoms with Crippen molar-refractivity contribution in [3.63, 3.8) is 0 Å². The van der Waals surface area contributed by atoms with E-state index in [1.54, 1.807) is 6.92 Å². The maximum absolute atomic E-state index is 12.6. The van der Waals surface area contributed by atoms with Gasteiger partial charge >= 0.3 is 0 Å². The number of primary amides is 1. The van der Waals surface area contributed by atoms with E-state index >= 15 is 0 Å². The SMILES string of the molecule is CC(NC(=O)C1CC12CCNCC2)(C(N)=O)c1ccccc1.Cl. The molecular weight excluding hydrogens is 314 g/mol. The van der Waals surface area contributed by atoms with Gasteiger partial charge in [-0.1, -0.05) is 30.3 Å². The quantitative estimate of drug-likeness (QED) is 0.774. The number of hydrogen-bond donors (Lipinski definition) is 3. The number of amides is 2. The van der Waals surface area contributed by atoms with Crippen LogP contribution in [0.4, 0.5) is 0 Å². The van der Waals surface area contributed by atoms with E-state index in [0.717, 1.165) is 37.9 Å². The van der Waals surface area contributed by atoms with Crippen LogP contribution in [0.15, 0.2) is 30.3 Å². The van der Waals surface area contributed by atoms with E-state index in [1.807, 2.05) is 30.3 Å². The van der Waals surface area contributed by atoms with Crippen LogP contribution in [-0.2, 0) is 15.1 Å². The summed E-state index contributed by atoms with van der Waals surface area (Å²) in [4.78, 5) is 24.6. The fourth-order valence-corrected chi connectivity index (χ4v) is 3.58. The summed E-state index contributed by atoms with van der Waals surface area (Å²) in [5.41, 5.74) is 5.28.